The molecule has 0 aromatic heterocycles. The molecular weight excluding hydrogens is 246 g/mol. The van der Waals surface area contributed by atoms with E-state index in [4.69, 9.17) is 4.74 Å². The maximum Gasteiger partial charge on any atom is 0.410 e. The van der Waals surface area contributed by atoms with Gasteiger partial charge < -0.3 is 14.7 Å². The lowest BCUT2D eigenvalue weighted by Crippen LogP contribution is -2.50. The van der Waals surface area contributed by atoms with Crippen molar-refractivity contribution in [2.75, 3.05) is 6.54 Å². The van der Waals surface area contributed by atoms with Crippen LogP contribution in [0.4, 0.5) is 4.79 Å². The molecule has 19 heavy (non-hydrogen) atoms. The zero-order valence-electron chi connectivity index (χ0n) is 12.3. The van der Waals surface area contributed by atoms with Crippen molar-refractivity contribution in [3.63, 3.8) is 0 Å². The van der Waals surface area contributed by atoms with Gasteiger partial charge in [-0.1, -0.05) is 6.92 Å². The van der Waals surface area contributed by atoms with Gasteiger partial charge in [0.05, 0.1) is 5.92 Å². The van der Waals surface area contributed by atoms with Crippen LogP contribution in [0.5, 0.6) is 0 Å². The van der Waals surface area contributed by atoms with Crippen LogP contribution in [0.15, 0.2) is 0 Å². The van der Waals surface area contributed by atoms with Crippen molar-refractivity contribution in [3.8, 4) is 0 Å². The SMILES string of the molecule is CCC(C(=O)O)C1CCCCN1C(=O)OC(C)(C)C. The molecule has 0 radical (unpaired) electrons. The minimum atomic E-state index is -0.831. The smallest absolute Gasteiger partial charge is 0.410 e. The monoisotopic (exact) mass is 271 g/mol. The van der Waals surface area contributed by atoms with Gasteiger partial charge >= 0.3 is 12.1 Å². The highest BCUT2D eigenvalue weighted by atomic mass is 16.6. The summed E-state index contributed by atoms with van der Waals surface area (Å²) in [6, 6.07) is -0.244. The largest absolute Gasteiger partial charge is 0.481 e. The molecule has 0 saturated carbocycles. The molecule has 1 heterocycles. The highest BCUT2D eigenvalue weighted by Gasteiger charge is 2.37. The highest BCUT2D eigenvalue weighted by Crippen LogP contribution is 2.27. The molecular formula is C14H25NO4. The van der Waals surface area contributed by atoms with E-state index in [1.165, 1.54) is 0 Å². The third kappa shape index (κ3) is 4.40. The molecule has 2 unspecified atom stereocenters. The van der Waals surface area contributed by atoms with Gasteiger partial charge in [0.25, 0.3) is 0 Å². The van der Waals surface area contributed by atoms with Crippen LogP contribution in [0.2, 0.25) is 0 Å². The van der Waals surface area contributed by atoms with E-state index in [1.807, 2.05) is 27.7 Å². The van der Waals surface area contributed by atoms with E-state index in [2.05, 4.69) is 0 Å². The molecule has 5 nitrogen and oxygen atoms in total. The Morgan fingerprint density at radius 1 is 1.37 bits per heavy atom. The molecule has 1 N–H and O–H groups in total. The number of likely N-dealkylation sites (tertiary alicyclic amines) is 1. The predicted molar refractivity (Wildman–Crippen MR) is 72.0 cm³/mol. The lowest BCUT2D eigenvalue weighted by molar-refractivity contribution is -0.144. The summed E-state index contributed by atoms with van der Waals surface area (Å²) in [6.45, 7) is 7.89. The first kappa shape index (κ1) is 15.8. The molecule has 110 valence electrons. The fourth-order valence-corrected chi connectivity index (χ4v) is 2.53. The zero-order valence-corrected chi connectivity index (χ0v) is 12.3. The standard InChI is InChI=1S/C14H25NO4/c1-5-10(12(16)17)11-8-6-7-9-15(11)13(18)19-14(2,3)4/h10-11H,5-9H2,1-4H3,(H,16,17). The molecule has 0 bridgehead atoms. The maximum absolute atomic E-state index is 12.2. The second-order valence-corrected chi connectivity index (χ2v) is 6.09. The van der Waals surface area contributed by atoms with Gasteiger partial charge in [0, 0.05) is 12.6 Å². The van der Waals surface area contributed by atoms with Gasteiger partial charge in [-0.2, -0.15) is 0 Å². The number of piperidine rings is 1. The first-order valence-electron chi connectivity index (χ1n) is 6.98. The molecule has 1 aliphatic rings. The number of ether oxygens (including phenoxy) is 1. The second kappa shape index (κ2) is 6.26. The van der Waals surface area contributed by atoms with Crippen LogP contribution >= 0.6 is 0 Å². The van der Waals surface area contributed by atoms with Crippen LogP contribution in [0, 0.1) is 5.92 Å². The van der Waals surface area contributed by atoms with Gasteiger partial charge in [0.15, 0.2) is 0 Å². The molecule has 0 aromatic carbocycles. The molecule has 1 aliphatic heterocycles. The fraction of sp³-hybridized carbons (Fsp3) is 0.857. The maximum atomic E-state index is 12.2. The van der Waals surface area contributed by atoms with Gasteiger partial charge in [-0.25, -0.2) is 4.79 Å². The van der Waals surface area contributed by atoms with Gasteiger partial charge in [-0.3, -0.25) is 4.79 Å². The van der Waals surface area contributed by atoms with E-state index in [-0.39, 0.29) is 6.04 Å². The Hall–Kier alpha value is -1.26. The van der Waals surface area contributed by atoms with Crippen molar-refractivity contribution >= 4 is 12.1 Å². The third-order valence-electron chi connectivity index (χ3n) is 3.40. The number of hydrogen-bond acceptors (Lipinski definition) is 3. The lowest BCUT2D eigenvalue weighted by atomic mass is 9.89. The number of hydrogen-bond donors (Lipinski definition) is 1. The number of nitrogens with zero attached hydrogens (tertiary/aromatic N) is 1. The van der Waals surface area contributed by atoms with Crippen LogP contribution in [0.3, 0.4) is 0 Å². The van der Waals surface area contributed by atoms with Gasteiger partial charge in [-0.15, -0.1) is 0 Å². The summed E-state index contributed by atoms with van der Waals surface area (Å²) in [4.78, 5) is 25.1. The summed E-state index contributed by atoms with van der Waals surface area (Å²) in [5.41, 5.74) is -0.552. The first-order chi connectivity index (χ1) is 8.76. The average molecular weight is 271 g/mol. The second-order valence-electron chi connectivity index (χ2n) is 6.09. The highest BCUT2D eigenvalue weighted by molar-refractivity contribution is 5.74. The number of carboxylic acid groups (broad SMARTS) is 1. The molecule has 1 fully saturated rings. The van der Waals surface area contributed by atoms with Gasteiger partial charge in [0.2, 0.25) is 0 Å². The number of carboxylic acids is 1. The molecule has 5 heteroatoms. The van der Waals surface area contributed by atoms with Gasteiger partial charge in [0.1, 0.15) is 5.60 Å². The molecule has 0 aromatic rings. The van der Waals surface area contributed by atoms with Crippen LogP contribution in [-0.2, 0) is 9.53 Å². The molecule has 0 aliphatic carbocycles. The Balaban J connectivity index is 2.82. The summed E-state index contributed by atoms with van der Waals surface area (Å²) in [5, 5.41) is 9.28. The van der Waals surface area contributed by atoms with Crippen LogP contribution < -0.4 is 0 Å². The molecule has 1 saturated heterocycles. The average Bonchev–Trinajstić information content (AvgIpc) is 2.27. The molecule has 0 spiro atoms. The number of carbonyl (C=O) groups excluding carboxylic acids is 1. The third-order valence-corrected chi connectivity index (χ3v) is 3.40. The Labute approximate surface area is 114 Å². The Bertz CT molecular complexity index is 335. The summed E-state index contributed by atoms with van der Waals surface area (Å²) in [7, 11) is 0. The van der Waals surface area contributed by atoms with Crippen molar-refractivity contribution in [2.45, 2.75) is 65.0 Å². The van der Waals surface area contributed by atoms with E-state index >= 15 is 0 Å². The van der Waals surface area contributed by atoms with E-state index in [1.54, 1.807) is 4.90 Å². The topological polar surface area (TPSA) is 66.8 Å². The Kier molecular flexibility index (Phi) is 5.20. The van der Waals surface area contributed by atoms with E-state index in [0.29, 0.717) is 13.0 Å². The van der Waals surface area contributed by atoms with Crippen LogP contribution in [-0.4, -0.2) is 40.3 Å². The van der Waals surface area contributed by atoms with Crippen molar-refractivity contribution < 1.29 is 19.4 Å². The minimum absolute atomic E-state index is 0.244. The van der Waals surface area contributed by atoms with Crippen molar-refractivity contribution in [1.29, 1.82) is 0 Å². The first-order valence-corrected chi connectivity index (χ1v) is 6.98. The zero-order chi connectivity index (χ0) is 14.6. The Morgan fingerprint density at radius 3 is 2.47 bits per heavy atom. The lowest BCUT2D eigenvalue weighted by Gasteiger charge is -2.39. The fourth-order valence-electron chi connectivity index (χ4n) is 2.53. The summed E-state index contributed by atoms with van der Waals surface area (Å²) in [5.74, 6) is -1.34. The van der Waals surface area contributed by atoms with Crippen molar-refractivity contribution in [2.24, 2.45) is 5.92 Å². The number of rotatable bonds is 3. The minimum Gasteiger partial charge on any atom is -0.481 e. The van der Waals surface area contributed by atoms with Crippen LogP contribution in [0.1, 0.15) is 53.4 Å². The molecule has 2 atom stereocenters. The number of aliphatic carboxylic acids is 1. The van der Waals surface area contributed by atoms with E-state index in [0.717, 1.165) is 19.3 Å². The summed E-state index contributed by atoms with van der Waals surface area (Å²) < 4.78 is 5.38. The Morgan fingerprint density at radius 2 is 2.00 bits per heavy atom. The number of amides is 1. The normalized spacial score (nSPS) is 21.9. The van der Waals surface area contributed by atoms with Gasteiger partial charge in [-0.05, 0) is 46.5 Å². The summed E-state index contributed by atoms with van der Waals surface area (Å²) >= 11 is 0. The predicted octanol–water partition coefficient (Wildman–Crippen LogP) is 2.89. The van der Waals surface area contributed by atoms with E-state index < -0.39 is 23.6 Å². The molecule has 1 amide bonds. The van der Waals surface area contributed by atoms with E-state index in [9.17, 15) is 14.7 Å². The number of carbonyl (C=O) groups is 2. The summed E-state index contributed by atoms with van der Waals surface area (Å²) in [6.07, 6.45) is 2.75. The molecule has 1 rings (SSSR count). The van der Waals surface area contributed by atoms with Crippen LogP contribution in [0.25, 0.3) is 0 Å². The van der Waals surface area contributed by atoms with Crippen molar-refractivity contribution in [3.05, 3.63) is 0 Å². The van der Waals surface area contributed by atoms with Crippen molar-refractivity contribution in [1.82, 2.24) is 4.90 Å². The quantitative estimate of drug-likeness (QED) is 0.857.